The van der Waals surface area contributed by atoms with Gasteiger partial charge in [0.1, 0.15) is 0 Å². The molecule has 5 nitrogen and oxygen atoms in total. The molecule has 0 aromatic heterocycles. The predicted molar refractivity (Wildman–Crippen MR) is 133 cm³/mol. The van der Waals surface area contributed by atoms with E-state index in [1.54, 1.807) is 0 Å². The van der Waals surface area contributed by atoms with E-state index in [4.69, 9.17) is 0 Å². The van der Waals surface area contributed by atoms with Gasteiger partial charge in [0.15, 0.2) is 5.17 Å². The van der Waals surface area contributed by atoms with Crippen molar-refractivity contribution in [2.45, 2.75) is 20.8 Å². The maximum absolute atomic E-state index is 12.5. The molecule has 0 spiro atoms. The van der Waals surface area contributed by atoms with Gasteiger partial charge < -0.3 is 14.7 Å². The Hall–Kier alpha value is -2.73. The van der Waals surface area contributed by atoms with Gasteiger partial charge in [-0.05, 0) is 74.0 Å². The van der Waals surface area contributed by atoms with Crippen LogP contribution in [0.5, 0.6) is 0 Å². The SMILES string of the molecule is CCN(CC)c1ccc(/C=C2/SC(N3CCN(c4cccc(C)c4)CC3)=NC2=O)cc1. The monoisotopic (exact) mass is 434 g/mol. The highest BCUT2D eigenvalue weighted by Crippen LogP contribution is 2.31. The first-order valence-corrected chi connectivity index (χ1v) is 11.8. The van der Waals surface area contributed by atoms with Crippen LogP contribution in [0.25, 0.3) is 6.08 Å². The van der Waals surface area contributed by atoms with Gasteiger partial charge in [-0.25, -0.2) is 0 Å². The highest BCUT2D eigenvalue weighted by atomic mass is 32.2. The molecule has 0 aliphatic carbocycles. The largest absolute Gasteiger partial charge is 0.372 e. The molecular weight excluding hydrogens is 404 g/mol. The first-order valence-electron chi connectivity index (χ1n) is 11.0. The Labute approximate surface area is 189 Å². The number of carbonyl (C=O) groups is 1. The number of amidine groups is 1. The Kier molecular flexibility index (Phi) is 6.66. The van der Waals surface area contributed by atoms with E-state index in [0.717, 1.165) is 50.0 Å². The highest BCUT2D eigenvalue weighted by molar-refractivity contribution is 8.18. The molecule has 4 rings (SSSR count). The number of hydrogen-bond acceptors (Lipinski definition) is 5. The number of piperazine rings is 1. The smallest absolute Gasteiger partial charge is 0.286 e. The lowest BCUT2D eigenvalue weighted by Gasteiger charge is -2.36. The first kappa shape index (κ1) is 21.5. The van der Waals surface area contributed by atoms with Gasteiger partial charge in [-0.3, -0.25) is 4.79 Å². The fourth-order valence-corrected chi connectivity index (χ4v) is 5.00. The Bertz CT molecular complexity index is 987. The lowest BCUT2D eigenvalue weighted by Crippen LogP contribution is -2.47. The van der Waals surface area contributed by atoms with Crippen molar-refractivity contribution in [3.63, 3.8) is 0 Å². The van der Waals surface area contributed by atoms with Gasteiger partial charge >= 0.3 is 0 Å². The number of carbonyl (C=O) groups excluding carboxylic acids is 1. The summed E-state index contributed by atoms with van der Waals surface area (Å²) in [7, 11) is 0. The molecule has 0 bridgehead atoms. The summed E-state index contributed by atoms with van der Waals surface area (Å²) in [6.45, 7) is 12.0. The zero-order valence-electron chi connectivity index (χ0n) is 18.5. The van der Waals surface area contributed by atoms with Gasteiger partial charge in [-0.2, -0.15) is 4.99 Å². The molecule has 1 fully saturated rings. The normalized spacial score (nSPS) is 18.0. The quantitative estimate of drug-likeness (QED) is 0.642. The molecule has 2 aromatic carbocycles. The molecule has 2 aliphatic heterocycles. The second kappa shape index (κ2) is 9.60. The molecule has 6 heteroatoms. The molecule has 31 heavy (non-hydrogen) atoms. The van der Waals surface area contributed by atoms with Gasteiger partial charge in [0.2, 0.25) is 0 Å². The van der Waals surface area contributed by atoms with E-state index in [1.807, 2.05) is 6.08 Å². The lowest BCUT2D eigenvalue weighted by atomic mass is 10.2. The summed E-state index contributed by atoms with van der Waals surface area (Å²) < 4.78 is 0. The maximum atomic E-state index is 12.5. The zero-order valence-corrected chi connectivity index (χ0v) is 19.4. The van der Waals surface area contributed by atoms with E-state index in [1.165, 1.54) is 28.7 Å². The Morgan fingerprint density at radius 1 is 1.00 bits per heavy atom. The molecule has 0 unspecified atom stereocenters. The third-order valence-electron chi connectivity index (χ3n) is 5.85. The number of hydrogen-bond donors (Lipinski definition) is 0. The minimum absolute atomic E-state index is 0.131. The molecule has 0 saturated carbocycles. The fraction of sp³-hybridized carbons (Fsp3) is 0.360. The van der Waals surface area contributed by atoms with E-state index < -0.39 is 0 Å². The number of aliphatic imine (C=N–C) groups is 1. The number of anilines is 2. The maximum Gasteiger partial charge on any atom is 0.286 e. The van der Waals surface area contributed by atoms with E-state index in [-0.39, 0.29) is 5.91 Å². The van der Waals surface area contributed by atoms with E-state index in [2.05, 4.69) is 89.0 Å². The summed E-state index contributed by atoms with van der Waals surface area (Å²) in [5.74, 6) is -0.131. The molecule has 0 N–H and O–H groups in total. The van der Waals surface area contributed by atoms with Crippen LogP contribution >= 0.6 is 11.8 Å². The van der Waals surface area contributed by atoms with E-state index >= 15 is 0 Å². The number of nitrogens with zero attached hydrogens (tertiary/aromatic N) is 4. The summed E-state index contributed by atoms with van der Waals surface area (Å²) in [6.07, 6.45) is 1.96. The fourth-order valence-electron chi connectivity index (χ4n) is 4.04. The third-order valence-corrected chi connectivity index (χ3v) is 6.89. The van der Waals surface area contributed by atoms with Crippen molar-refractivity contribution < 1.29 is 4.79 Å². The standard InChI is InChI=1S/C25H30N4OS/c1-4-27(5-2)21-11-9-20(10-12-21)18-23-24(30)26-25(31-23)29-15-13-28(14-16-29)22-8-6-7-19(3)17-22/h6-12,17-18H,4-5,13-16H2,1-3H3/b23-18+. The van der Waals surface area contributed by atoms with Crippen LogP contribution in [-0.4, -0.2) is 55.2 Å². The average molecular weight is 435 g/mol. The number of aryl methyl sites for hydroxylation is 1. The number of thioether (sulfide) groups is 1. The third kappa shape index (κ3) is 4.96. The molecular formula is C25H30N4OS. The Balaban J connectivity index is 1.37. The van der Waals surface area contributed by atoms with Crippen molar-refractivity contribution in [2.24, 2.45) is 4.99 Å². The number of amides is 1. The van der Waals surface area contributed by atoms with E-state index in [0.29, 0.717) is 4.91 Å². The molecule has 2 aromatic rings. The summed E-state index contributed by atoms with van der Waals surface area (Å²) in [4.78, 5) is 24.5. The van der Waals surface area contributed by atoms with Crippen molar-refractivity contribution in [2.75, 3.05) is 49.1 Å². The van der Waals surface area contributed by atoms with Crippen LogP contribution in [0, 0.1) is 6.92 Å². The Morgan fingerprint density at radius 3 is 2.32 bits per heavy atom. The van der Waals surface area contributed by atoms with Crippen LogP contribution in [0.15, 0.2) is 58.4 Å². The summed E-state index contributed by atoms with van der Waals surface area (Å²) in [5, 5.41) is 0.833. The highest BCUT2D eigenvalue weighted by Gasteiger charge is 2.28. The lowest BCUT2D eigenvalue weighted by molar-refractivity contribution is -0.113. The first-order chi connectivity index (χ1) is 15.1. The van der Waals surface area contributed by atoms with Crippen LogP contribution in [0.4, 0.5) is 11.4 Å². The van der Waals surface area contributed by atoms with Gasteiger partial charge in [0, 0.05) is 50.6 Å². The summed E-state index contributed by atoms with van der Waals surface area (Å²) in [6, 6.07) is 17.0. The van der Waals surface area contributed by atoms with Crippen molar-refractivity contribution >= 4 is 40.3 Å². The zero-order chi connectivity index (χ0) is 21.8. The second-order valence-electron chi connectivity index (χ2n) is 7.89. The van der Waals surface area contributed by atoms with E-state index in [9.17, 15) is 4.79 Å². The number of rotatable bonds is 5. The Morgan fingerprint density at radius 2 is 1.68 bits per heavy atom. The van der Waals surface area contributed by atoms with Crippen molar-refractivity contribution in [3.05, 3.63) is 64.6 Å². The van der Waals surface area contributed by atoms with Crippen LogP contribution in [0.2, 0.25) is 0 Å². The summed E-state index contributed by atoms with van der Waals surface area (Å²) in [5.41, 5.74) is 4.79. The van der Waals surface area contributed by atoms with Crippen LogP contribution in [0.3, 0.4) is 0 Å². The minimum Gasteiger partial charge on any atom is -0.372 e. The molecule has 0 atom stereocenters. The molecule has 1 amide bonds. The van der Waals surface area contributed by atoms with Crippen molar-refractivity contribution in [1.29, 1.82) is 0 Å². The topological polar surface area (TPSA) is 39.1 Å². The minimum atomic E-state index is -0.131. The van der Waals surface area contributed by atoms with Crippen LogP contribution in [-0.2, 0) is 4.79 Å². The van der Waals surface area contributed by atoms with Gasteiger partial charge in [-0.15, -0.1) is 0 Å². The van der Waals surface area contributed by atoms with Crippen LogP contribution in [0.1, 0.15) is 25.0 Å². The molecule has 2 aliphatic rings. The van der Waals surface area contributed by atoms with Gasteiger partial charge in [0.05, 0.1) is 4.91 Å². The molecule has 1 saturated heterocycles. The van der Waals surface area contributed by atoms with Gasteiger partial charge in [-0.1, -0.05) is 24.3 Å². The predicted octanol–water partition coefficient (Wildman–Crippen LogP) is 4.63. The summed E-state index contributed by atoms with van der Waals surface area (Å²) >= 11 is 1.50. The molecule has 162 valence electrons. The second-order valence-corrected chi connectivity index (χ2v) is 8.90. The molecule has 2 heterocycles. The van der Waals surface area contributed by atoms with Crippen LogP contribution < -0.4 is 9.80 Å². The van der Waals surface area contributed by atoms with Crippen molar-refractivity contribution in [3.8, 4) is 0 Å². The number of benzene rings is 2. The average Bonchev–Trinajstić information content (AvgIpc) is 3.16. The van der Waals surface area contributed by atoms with Crippen molar-refractivity contribution in [1.82, 2.24) is 4.90 Å². The molecule has 0 radical (unpaired) electrons. The van der Waals surface area contributed by atoms with Gasteiger partial charge in [0.25, 0.3) is 5.91 Å².